The summed E-state index contributed by atoms with van der Waals surface area (Å²) < 4.78 is 4.80. The molecule has 1 aromatic heterocycles. The number of likely N-dealkylation sites (N-methyl/N-ethyl adjacent to an activating group) is 1. The molecule has 1 N–H and O–H groups in total. The zero-order valence-corrected chi connectivity index (χ0v) is 16.1. The first-order chi connectivity index (χ1) is 11.8. The van der Waals surface area contributed by atoms with Crippen molar-refractivity contribution in [3.63, 3.8) is 0 Å². The van der Waals surface area contributed by atoms with Crippen LogP contribution < -0.4 is 0 Å². The van der Waals surface area contributed by atoms with E-state index in [1.165, 1.54) is 12.0 Å². The van der Waals surface area contributed by atoms with Crippen molar-refractivity contribution < 1.29 is 14.3 Å². The number of nitrogens with one attached hydrogen (secondary N) is 1. The predicted molar refractivity (Wildman–Crippen MR) is 95.0 cm³/mol. The Morgan fingerprint density at radius 1 is 1.48 bits per heavy atom. The lowest BCUT2D eigenvalue weighted by Gasteiger charge is -2.34. The Balaban J connectivity index is 2.28. The Hall–Kier alpha value is -2.05. The van der Waals surface area contributed by atoms with E-state index in [1.807, 2.05) is 24.9 Å². The SMILES string of the molecule is CCc1cnc(C2CC(C)CN2C(=O)C(C(C)C)N(C)C(=O)OC)[nH]1. The maximum atomic E-state index is 13.3. The van der Waals surface area contributed by atoms with Crippen molar-refractivity contribution in [2.45, 2.75) is 52.6 Å². The maximum Gasteiger partial charge on any atom is 0.409 e. The molecule has 0 saturated carbocycles. The summed E-state index contributed by atoms with van der Waals surface area (Å²) in [5.74, 6) is 1.15. The summed E-state index contributed by atoms with van der Waals surface area (Å²) in [6, 6.07) is -0.629. The van der Waals surface area contributed by atoms with Crippen LogP contribution in [0.1, 0.15) is 51.7 Å². The number of aromatic amines is 1. The second-order valence-corrected chi connectivity index (χ2v) is 7.26. The summed E-state index contributed by atoms with van der Waals surface area (Å²) in [4.78, 5) is 36.3. The topological polar surface area (TPSA) is 78.5 Å². The minimum absolute atomic E-state index is 0.0176. The molecule has 1 aliphatic rings. The van der Waals surface area contributed by atoms with Crippen molar-refractivity contribution >= 4 is 12.0 Å². The molecule has 25 heavy (non-hydrogen) atoms. The van der Waals surface area contributed by atoms with Crippen molar-refractivity contribution in [2.24, 2.45) is 11.8 Å². The monoisotopic (exact) mass is 350 g/mol. The van der Waals surface area contributed by atoms with Crippen LogP contribution in [-0.2, 0) is 16.0 Å². The van der Waals surface area contributed by atoms with Gasteiger partial charge in [0.25, 0.3) is 0 Å². The van der Waals surface area contributed by atoms with E-state index in [4.69, 9.17) is 4.74 Å². The fraction of sp³-hybridized carbons (Fsp3) is 0.722. The molecule has 7 heteroatoms. The van der Waals surface area contributed by atoms with Gasteiger partial charge in [0.15, 0.2) is 0 Å². The van der Waals surface area contributed by atoms with Crippen LogP contribution in [0.5, 0.6) is 0 Å². The zero-order chi connectivity index (χ0) is 18.7. The molecule has 1 aliphatic heterocycles. The van der Waals surface area contributed by atoms with E-state index >= 15 is 0 Å². The molecule has 2 rings (SSSR count). The van der Waals surface area contributed by atoms with Gasteiger partial charge in [-0.15, -0.1) is 0 Å². The molecule has 2 amide bonds. The van der Waals surface area contributed by atoms with E-state index in [-0.39, 0.29) is 17.9 Å². The third-order valence-corrected chi connectivity index (χ3v) is 4.90. The summed E-state index contributed by atoms with van der Waals surface area (Å²) in [7, 11) is 2.95. The van der Waals surface area contributed by atoms with Gasteiger partial charge in [0.05, 0.1) is 13.2 Å². The highest BCUT2D eigenvalue weighted by Crippen LogP contribution is 2.35. The number of carbonyl (C=O) groups is 2. The van der Waals surface area contributed by atoms with Crippen LogP contribution in [0.3, 0.4) is 0 Å². The molecule has 3 unspecified atom stereocenters. The van der Waals surface area contributed by atoms with Crippen LogP contribution >= 0.6 is 0 Å². The van der Waals surface area contributed by atoms with Gasteiger partial charge >= 0.3 is 6.09 Å². The van der Waals surface area contributed by atoms with Crippen molar-refractivity contribution in [1.82, 2.24) is 19.8 Å². The average Bonchev–Trinajstić information content (AvgIpc) is 3.19. The number of imidazole rings is 1. The summed E-state index contributed by atoms with van der Waals surface area (Å²) in [5.41, 5.74) is 1.06. The fourth-order valence-corrected chi connectivity index (χ4v) is 3.60. The first-order valence-electron chi connectivity index (χ1n) is 8.95. The van der Waals surface area contributed by atoms with E-state index in [2.05, 4.69) is 23.8 Å². The summed E-state index contributed by atoms with van der Waals surface area (Å²) in [6.07, 6.45) is 3.08. The molecule has 140 valence electrons. The molecule has 0 aliphatic carbocycles. The molecule has 2 heterocycles. The molecule has 7 nitrogen and oxygen atoms in total. The molecule has 0 spiro atoms. The number of amides is 2. The Morgan fingerprint density at radius 2 is 2.16 bits per heavy atom. The first-order valence-corrected chi connectivity index (χ1v) is 8.95. The molecule has 1 aromatic rings. The average molecular weight is 350 g/mol. The van der Waals surface area contributed by atoms with Crippen molar-refractivity contribution in [3.05, 3.63) is 17.7 Å². The molecule has 0 radical (unpaired) electrons. The Labute approximate surface area is 149 Å². The standard InChI is InChI=1S/C18H30N4O3/c1-7-13-9-19-16(20-13)14-8-12(4)10-22(14)17(23)15(11(2)3)21(5)18(24)25-6/h9,11-12,14-15H,7-8,10H2,1-6H3,(H,19,20). The van der Waals surface area contributed by atoms with Gasteiger partial charge in [0, 0.05) is 25.5 Å². The fourth-order valence-electron chi connectivity index (χ4n) is 3.60. The third-order valence-electron chi connectivity index (χ3n) is 4.90. The number of aromatic nitrogens is 2. The van der Waals surface area contributed by atoms with Gasteiger partial charge < -0.3 is 14.6 Å². The number of hydrogen-bond acceptors (Lipinski definition) is 4. The summed E-state index contributed by atoms with van der Waals surface area (Å²) in [6.45, 7) is 8.76. The minimum atomic E-state index is -0.555. The van der Waals surface area contributed by atoms with E-state index < -0.39 is 12.1 Å². The van der Waals surface area contributed by atoms with Crippen molar-refractivity contribution in [3.8, 4) is 0 Å². The van der Waals surface area contributed by atoms with Gasteiger partial charge in [0.2, 0.25) is 5.91 Å². The van der Waals surface area contributed by atoms with Crippen LogP contribution in [0.4, 0.5) is 4.79 Å². The number of hydrogen-bond donors (Lipinski definition) is 1. The molecule has 1 fully saturated rings. The second kappa shape index (κ2) is 7.89. The zero-order valence-electron chi connectivity index (χ0n) is 16.1. The van der Waals surface area contributed by atoms with Gasteiger partial charge in [-0.1, -0.05) is 27.7 Å². The quantitative estimate of drug-likeness (QED) is 0.885. The Bertz CT molecular complexity index is 613. The minimum Gasteiger partial charge on any atom is -0.453 e. The molecule has 0 aromatic carbocycles. The highest BCUT2D eigenvalue weighted by atomic mass is 16.5. The number of aryl methyl sites for hydroxylation is 1. The lowest BCUT2D eigenvalue weighted by molar-refractivity contribution is -0.138. The number of H-pyrrole nitrogens is 1. The number of nitrogens with zero attached hydrogens (tertiary/aromatic N) is 3. The van der Waals surface area contributed by atoms with Gasteiger partial charge in [-0.2, -0.15) is 0 Å². The number of methoxy groups -OCH3 is 1. The van der Waals surface area contributed by atoms with Crippen molar-refractivity contribution in [1.29, 1.82) is 0 Å². The Kier molecular flexibility index (Phi) is 6.08. The highest BCUT2D eigenvalue weighted by molar-refractivity contribution is 5.86. The number of carbonyl (C=O) groups excluding carboxylic acids is 2. The number of rotatable bonds is 5. The van der Waals surface area contributed by atoms with E-state index in [1.54, 1.807) is 7.05 Å². The van der Waals surface area contributed by atoms with Crippen molar-refractivity contribution in [2.75, 3.05) is 20.7 Å². The van der Waals surface area contributed by atoms with Gasteiger partial charge in [-0.3, -0.25) is 9.69 Å². The molecule has 3 atom stereocenters. The Morgan fingerprint density at radius 3 is 2.68 bits per heavy atom. The maximum absolute atomic E-state index is 13.3. The van der Waals surface area contributed by atoms with Gasteiger partial charge in [-0.05, 0) is 24.7 Å². The summed E-state index contributed by atoms with van der Waals surface area (Å²) >= 11 is 0. The van der Waals surface area contributed by atoms with Crippen LogP contribution in [0, 0.1) is 11.8 Å². The lowest BCUT2D eigenvalue weighted by atomic mass is 10.0. The van der Waals surface area contributed by atoms with Gasteiger partial charge in [-0.25, -0.2) is 9.78 Å². The summed E-state index contributed by atoms with van der Waals surface area (Å²) in [5, 5.41) is 0. The second-order valence-electron chi connectivity index (χ2n) is 7.26. The first kappa shape index (κ1) is 19.3. The third kappa shape index (κ3) is 3.96. The highest BCUT2D eigenvalue weighted by Gasteiger charge is 2.41. The van der Waals surface area contributed by atoms with E-state index in [9.17, 15) is 9.59 Å². The van der Waals surface area contributed by atoms with Crippen LogP contribution in [0.25, 0.3) is 0 Å². The molecular formula is C18H30N4O3. The molecule has 1 saturated heterocycles. The van der Waals surface area contributed by atoms with Crippen LogP contribution in [0.15, 0.2) is 6.20 Å². The molecule has 0 bridgehead atoms. The predicted octanol–water partition coefficient (Wildman–Crippen LogP) is 2.60. The normalized spacial score (nSPS) is 21.5. The lowest BCUT2D eigenvalue weighted by Crippen LogP contribution is -2.52. The number of likely N-dealkylation sites (tertiary alicyclic amines) is 1. The van der Waals surface area contributed by atoms with Crippen LogP contribution in [0.2, 0.25) is 0 Å². The van der Waals surface area contributed by atoms with E-state index in [0.29, 0.717) is 12.5 Å². The van der Waals surface area contributed by atoms with E-state index in [0.717, 1.165) is 24.4 Å². The number of ether oxygens (including phenoxy) is 1. The largest absolute Gasteiger partial charge is 0.453 e. The van der Waals surface area contributed by atoms with Crippen LogP contribution in [-0.4, -0.2) is 58.5 Å². The van der Waals surface area contributed by atoms with Gasteiger partial charge in [0.1, 0.15) is 11.9 Å². The molecular weight excluding hydrogens is 320 g/mol. The smallest absolute Gasteiger partial charge is 0.409 e.